The molecule has 0 bridgehead atoms. The third-order valence-corrected chi connectivity index (χ3v) is 6.85. The number of rotatable bonds is 6. The van der Waals surface area contributed by atoms with Gasteiger partial charge >= 0.3 is 0 Å². The number of nitrogens with one attached hydrogen (secondary N) is 1. The second-order valence-corrected chi connectivity index (χ2v) is 8.98. The highest BCUT2D eigenvalue weighted by molar-refractivity contribution is 8.15. The number of halogens is 2. The number of anilines is 1. The summed E-state index contributed by atoms with van der Waals surface area (Å²) in [6.45, 7) is 2.57. The fourth-order valence-corrected chi connectivity index (χ4v) is 5.36. The first kappa shape index (κ1) is 19.9. The minimum atomic E-state index is -0.662. The van der Waals surface area contributed by atoms with Gasteiger partial charge in [-0.25, -0.2) is 13.8 Å². The summed E-state index contributed by atoms with van der Waals surface area (Å²) in [5.74, 6) is -1.01. The van der Waals surface area contributed by atoms with E-state index in [1.807, 2.05) is 44.3 Å². The van der Waals surface area contributed by atoms with Crippen LogP contribution in [0.3, 0.4) is 0 Å². The van der Waals surface area contributed by atoms with Gasteiger partial charge < -0.3 is 5.32 Å². The maximum Gasteiger partial charge on any atom is 0.230 e. The highest BCUT2D eigenvalue weighted by Gasteiger charge is 2.47. The molecule has 1 N–H and O–H groups in total. The van der Waals surface area contributed by atoms with Crippen LogP contribution in [0.5, 0.6) is 0 Å². The Morgan fingerprint density at radius 2 is 1.90 bits per heavy atom. The number of hydrazone groups is 1. The van der Waals surface area contributed by atoms with Gasteiger partial charge in [0, 0.05) is 5.56 Å². The van der Waals surface area contributed by atoms with E-state index in [1.54, 1.807) is 5.01 Å². The molecule has 150 valence electrons. The van der Waals surface area contributed by atoms with E-state index in [9.17, 15) is 8.78 Å². The average molecular weight is 432 g/mol. The van der Waals surface area contributed by atoms with E-state index in [1.165, 1.54) is 29.2 Å². The van der Waals surface area contributed by atoms with Crippen molar-refractivity contribution in [2.45, 2.75) is 18.2 Å². The van der Waals surface area contributed by atoms with Crippen LogP contribution in [0.25, 0.3) is 0 Å². The number of aryl methyl sites for hydroxylation is 1. The molecule has 3 aromatic rings. The molecule has 0 fully saturated rings. The minimum Gasteiger partial charge on any atom is -0.320 e. The van der Waals surface area contributed by atoms with Gasteiger partial charge in [0.15, 0.2) is 0 Å². The SMILES string of the molecule is CNCCC1(c2ccccc2)SC(c2cc(F)ccc2F)=NN1c1nnc(C)s1. The second-order valence-electron chi connectivity index (χ2n) is 6.55. The molecular weight excluding hydrogens is 412 g/mol. The monoisotopic (exact) mass is 431 g/mol. The third kappa shape index (κ3) is 3.77. The highest BCUT2D eigenvalue weighted by atomic mass is 32.2. The van der Waals surface area contributed by atoms with Crippen molar-refractivity contribution < 1.29 is 8.78 Å². The van der Waals surface area contributed by atoms with Crippen molar-refractivity contribution in [2.24, 2.45) is 5.10 Å². The largest absolute Gasteiger partial charge is 0.320 e. The highest BCUT2D eigenvalue weighted by Crippen LogP contribution is 2.52. The van der Waals surface area contributed by atoms with E-state index < -0.39 is 16.5 Å². The first-order chi connectivity index (χ1) is 14.0. The Bertz CT molecular complexity index is 1040. The molecule has 0 amide bonds. The van der Waals surface area contributed by atoms with Gasteiger partial charge in [-0.3, -0.25) is 0 Å². The van der Waals surface area contributed by atoms with Crippen LogP contribution in [0.15, 0.2) is 53.6 Å². The number of hydrogen-bond donors (Lipinski definition) is 1. The van der Waals surface area contributed by atoms with Crippen LogP contribution in [-0.4, -0.2) is 28.8 Å². The first-order valence-electron chi connectivity index (χ1n) is 9.07. The maximum atomic E-state index is 14.5. The zero-order valence-electron chi connectivity index (χ0n) is 15.9. The molecule has 1 unspecified atom stereocenters. The van der Waals surface area contributed by atoms with Crippen LogP contribution in [0.4, 0.5) is 13.9 Å². The third-order valence-electron chi connectivity index (χ3n) is 4.59. The van der Waals surface area contributed by atoms with Crippen LogP contribution in [0.1, 0.15) is 22.6 Å². The molecule has 0 spiro atoms. The zero-order valence-corrected chi connectivity index (χ0v) is 17.5. The summed E-state index contributed by atoms with van der Waals surface area (Å²) in [5.41, 5.74) is 1.15. The second kappa shape index (κ2) is 8.17. The van der Waals surface area contributed by atoms with E-state index in [0.717, 1.165) is 22.7 Å². The molecule has 5 nitrogen and oxygen atoms in total. The van der Waals surface area contributed by atoms with Gasteiger partial charge in [-0.1, -0.05) is 53.4 Å². The molecule has 2 aromatic carbocycles. The lowest BCUT2D eigenvalue weighted by molar-refractivity contribution is 0.527. The number of thioether (sulfide) groups is 1. The zero-order chi connectivity index (χ0) is 20.4. The predicted molar refractivity (Wildman–Crippen MR) is 114 cm³/mol. The molecule has 1 aromatic heterocycles. The van der Waals surface area contributed by atoms with Gasteiger partial charge in [-0.2, -0.15) is 5.10 Å². The van der Waals surface area contributed by atoms with E-state index in [0.29, 0.717) is 23.1 Å². The van der Waals surface area contributed by atoms with Gasteiger partial charge in [0.1, 0.15) is 26.6 Å². The van der Waals surface area contributed by atoms with E-state index in [-0.39, 0.29) is 5.56 Å². The van der Waals surface area contributed by atoms with Gasteiger partial charge in [-0.05, 0) is 50.7 Å². The smallest absolute Gasteiger partial charge is 0.230 e. The Hall–Kier alpha value is -2.36. The van der Waals surface area contributed by atoms with Crippen molar-refractivity contribution in [1.82, 2.24) is 15.5 Å². The summed E-state index contributed by atoms with van der Waals surface area (Å²) in [6, 6.07) is 13.3. The first-order valence-corrected chi connectivity index (χ1v) is 10.7. The molecule has 1 aliphatic heterocycles. The lowest BCUT2D eigenvalue weighted by Gasteiger charge is -2.35. The molecule has 29 heavy (non-hydrogen) atoms. The van der Waals surface area contributed by atoms with Gasteiger partial charge in [-0.15, -0.1) is 10.2 Å². The lowest BCUT2D eigenvalue weighted by Crippen LogP contribution is -2.39. The van der Waals surface area contributed by atoms with Crippen LogP contribution in [0.2, 0.25) is 0 Å². The van der Waals surface area contributed by atoms with E-state index in [2.05, 4.69) is 15.5 Å². The summed E-state index contributed by atoms with van der Waals surface area (Å²) in [4.78, 5) is -0.662. The summed E-state index contributed by atoms with van der Waals surface area (Å²) in [6.07, 6.45) is 0.667. The summed E-state index contributed by atoms with van der Waals surface area (Å²) < 4.78 is 28.4. The average Bonchev–Trinajstić information content (AvgIpc) is 3.33. The van der Waals surface area contributed by atoms with Crippen molar-refractivity contribution in [2.75, 3.05) is 18.6 Å². The topological polar surface area (TPSA) is 53.4 Å². The van der Waals surface area contributed by atoms with Crippen molar-refractivity contribution in [3.05, 3.63) is 76.3 Å². The quantitative estimate of drug-likeness (QED) is 0.623. The number of nitrogens with zero attached hydrogens (tertiary/aromatic N) is 4. The van der Waals surface area contributed by atoms with Crippen molar-refractivity contribution in [3.8, 4) is 0 Å². The summed E-state index contributed by atoms with van der Waals surface area (Å²) in [7, 11) is 1.88. The van der Waals surface area contributed by atoms with Crippen LogP contribution >= 0.6 is 23.1 Å². The molecule has 0 aliphatic carbocycles. The fraction of sp³-hybridized carbons (Fsp3) is 0.250. The molecule has 0 radical (unpaired) electrons. The van der Waals surface area contributed by atoms with Crippen LogP contribution < -0.4 is 10.3 Å². The minimum absolute atomic E-state index is 0.142. The van der Waals surface area contributed by atoms with Crippen LogP contribution in [0, 0.1) is 18.6 Å². The molecule has 1 atom stereocenters. The number of hydrogen-bond acceptors (Lipinski definition) is 7. The predicted octanol–water partition coefficient (Wildman–Crippen LogP) is 4.50. The normalized spacial score (nSPS) is 18.9. The van der Waals surface area contributed by atoms with Gasteiger partial charge in [0.2, 0.25) is 5.13 Å². The molecule has 0 saturated heterocycles. The molecular formula is C20H19F2N5S2. The Morgan fingerprint density at radius 3 is 2.59 bits per heavy atom. The number of aromatic nitrogens is 2. The summed E-state index contributed by atoms with van der Waals surface area (Å²) >= 11 is 2.82. The maximum absolute atomic E-state index is 14.5. The van der Waals surface area contributed by atoms with Crippen molar-refractivity contribution in [3.63, 3.8) is 0 Å². The van der Waals surface area contributed by atoms with E-state index >= 15 is 0 Å². The summed E-state index contributed by atoms with van der Waals surface area (Å²) in [5, 5.41) is 19.9. The standard InChI is InChI=1S/C20H19F2N5S2/c1-13-24-25-19(28-13)27-20(10-11-23-2,14-6-4-3-5-7-14)29-18(26-27)16-12-15(21)8-9-17(16)22/h3-9,12,23H,10-11H2,1-2H3. The molecule has 9 heteroatoms. The van der Waals surface area contributed by atoms with E-state index in [4.69, 9.17) is 5.10 Å². The molecule has 2 heterocycles. The number of benzene rings is 2. The fourth-order valence-electron chi connectivity index (χ4n) is 3.21. The van der Waals surface area contributed by atoms with Crippen molar-refractivity contribution in [1.29, 1.82) is 0 Å². The Labute approximate surface area is 175 Å². The molecule has 4 rings (SSSR count). The van der Waals surface area contributed by atoms with Crippen molar-refractivity contribution >= 4 is 33.3 Å². The Kier molecular flexibility index (Phi) is 5.62. The molecule has 1 aliphatic rings. The van der Waals surface area contributed by atoms with Crippen LogP contribution in [-0.2, 0) is 4.87 Å². The van der Waals surface area contributed by atoms with Gasteiger partial charge in [0.25, 0.3) is 0 Å². The molecule has 0 saturated carbocycles. The Morgan fingerprint density at radius 1 is 1.10 bits per heavy atom. The van der Waals surface area contributed by atoms with Gasteiger partial charge in [0.05, 0.1) is 0 Å². The Balaban J connectivity index is 1.88. The lowest BCUT2D eigenvalue weighted by atomic mass is 10.0.